The molecule has 112 valence electrons. The van der Waals surface area contributed by atoms with E-state index >= 15 is 0 Å². The first-order valence-electron chi connectivity index (χ1n) is 7.18. The first-order chi connectivity index (χ1) is 10.1. The Morgan fingerprint density at radius 2 is 2.38 bits per heavy atom. The Balaban J connectivity index is 2.12. The van der Waals surface area contributed by atoms with E-state index in [0.717, 1.165) is 42.0 Å². The van der Waals surface area contributed by atoms with Crippen LogP contribution >= 0.6 is 11.3 Å². The zero-order chi connectivity index (χ0) is 15.0. The van der Waals surface area contributed by atoms with Crippen molar-refractivity contribution in [1.82, 2.24) is 9.97 Å². The lowest BCUT2D eigenvalue weighted by molar-refractivity contribution is -0.119. The smallest absolute Gasteiger partial charge is 0.240 e. The maximum Gasteiger partial charge on any atom is 0.240 e. The van der Waals surface area contributed by atoms with Gasteiger partial charge >= 0.3 is 0 Å². The lowest BCUT2D eigenvalue weighted by Crippen LogP contribution is -2.40. The maximum absolute atomic E-state index is 11.7. The number of thiophene rings is 1. The molecule has 0 aromatic carbocycles. The molecule has 7 heteroatoms. The summed E-state index contributed by atoms with van der Waals surface area (Å²) in [6.45, 7) is 5.63. The average Bonchev–Trinajstić information content (AvgIpc) is 3.03. The van der Waals surface area contributed by atoms with Crippen molar-refractivity contribution in [3.8, 4) is 0 Å². The molecule has 1 unspecified atom stereocenters. The second kappa shape index (κ2) is 5.48. The molecule has 0 bridgehead atoms. The van der Waals surface area contributed by atoms with E-state index in [1.807, 2.05) is 11.8 Å². The van der Waals surface area contributed by atoms with E-state index in [1.54, 1.807) is 11.3 Å². The van der Waals surface area contributed by atoms with Gasteiger partial charge in [-0.15, -0.1) is 11.3 Å². The van der Waals surface area contributed by atoms with Crippen LogP contribution in [-0.2, 0) is 4.79 Å². The molecule has 2 aromatic heterocycles. The lowest BCUT2D eigenvalue weighted by Gasteiger charge is -2.24. The molecular formula is C14H19N5OS. The van der Waals surface area contributed by atoms with Crippen LogP contribution in [0.15, 0.2) is 6.07 Å². The van der Waals surface area contributed by atoms with Crippen molar-refractivity contribution >= 4 is 39.2 Å². The van der Waals surface area contributed by atoms with E-state index < -0.39 is 0 Å². The summed E-state index contributed by atoms with van der Waals surface area (Å²) in [7, 11) is 0. The third-order valence-electron chi connectivity index (χ3n) is 3.68. The standard InChI is InChI=1S/C14H19N5OS/c1-3-16-14-17-12(9-7-8(2)21-13(9)18-14)19-6-4-5-10(19)11(15)20/h7,10H,3-6H2,1-2H3,(H2,15,20)(H,16,17,18). The van der Waals surface area contributed by atoms with Crippen LogP contribution in [0.3, 0.4) is 0 Å². The highest BCUT2D eigenvalue weighted by molar-refractivity contribution is 7.18. The predicted molar refractivity (Wildman–Crippen MR) is 85.9 cm³/mol. The van der Waals surface area contributed by atoms with Crippen LogP contribution in [0.2, 0.25) is 0 Å². The first kappa shape index (κ1) is 14.1. The summed E-state index contributed by atoms with van der Waals surface area (Å²) in [5.41, 5.74) is 5.53. The zero-order valence-corrected chi connectivity index (χ0v) is 13.0. The van der Waals surface area contributed by atoms with Crippen LogP contribution in [0.4, 0.5) is 11.8 Å². The van der Waals surface area contributed by atoms with Crippen molar-refractivity contribution in [3.05, 3.63) is 10.9 Å². The lowest BCUT2D eigenvalue weighted by atomic mass is 10.2. The zero-order valence-electron chi connectivity index (χ0n) is 12.2. The van der Waals surface area contributed by atoms with Gasteiger partial charge in [-0.2, -0.15) is 4.98 Å². The SMILES string of the molecule is CCNc1nc(N2CCCC2C(N)=O)c2cc(C)sc2n1. The van der Waals surface area contributed by atoms with Crippen molar-refractivity contribution < 1.29 is 4.79 Å². The van der Waals surface area contributed by atoms with E-state index in [0.29, 0.717) is 5.95 Å². The third kappa shape index (κ3) is 2.53. The maximum atomic E-state index is 11.7. The van der Waals surface area contributed by atoms with Gasteiger partial charge in [0.1, 0.15) is 16.7 Å². The fourth-order valence-electron chi connectivity index (χ4n) is 2.80. The summed E-state index contributed by atoms with van der Waals surface area (Å²) in [6.07, 6.45) is 1.75. The second-order valence-corrected chi connectivity index (χ2v) is 6.47. The van der Waals surface area contributed by atoms with Gasteiger partial charge in [0.15, 0.2) is 0 Å². The number of fused-ring (bicyclic) bond motifs is 1. The summed E-state index contributed by atoms with van der Waals surface area (Å²) in [6, 6.07) is 1.82. The highest BCUT2D eigenvalue weighted by atomic mass is 32.1. The molecule has 6 nitrogen and oxygen atoms in total. The molecule has 0 saturated carbocycles. The molecule has 1 saturated heterocycles. The molecule has 1 atom stereocenters. The Hall–Kier alpha value is -1.89. The van der Waals surface area contributed by atoms with Gasteiger partial charge in [-0.3, -0.25) is 4.79 Å². The van der Waals surface area contributed by atoms with Crippen LogP contribution in [0.5, 0.6) is 0 Å². The molecule has 1 aliphatic rings. The number of carbonyl (C=O) groups excluding carboxylic acids is 1. The number of hydrogen-bond acceptors (Lipinski definition) is 6. The number of primary amides is 1. The van der Waals surface area contributed by atoms with Crippen LogP contribution in [0, 0.1) is 6.92 Å². The molecule has 1 fully saturated rings. The van der Waals surface area contributed by atoms with Crippen molar-refractivity contribution in [2.24, 2.45) is 5.73 Å². The Morgan fingerprint density at radius 3 is 3.10 bits per heavy atom. The third-order valence-corrected chi connectivity index (χ3v) is 4.63. The molecular weight excluding hydrogens is 286 g/mol. The molecule has 3 rings (SSSR count). The summed E-state index contributed by atoms with van der Waals surface area (Å²) in [5.74, 6) is 1.15. The number of anilines is 2. The second-order valence-electron chi connectivity index (χ2n) is 5.23. The fraction of sp³-hybridized carbons (Fsp3) is 0.500. The van der Waals surface area contributed by atoms with Gasteiger partial charge < -0.3 is 16.0 Å². The van der Waals surface area contributed by atoms with E-state index in [4.69, 9.17) is 5.73 Å². The minimum absolute atomic E-state index is 0.266. The summed E-state index contributed by atoms with van der Waals surface area (Å²) in [5, 5.41) is 4.17. The molecule has 0 spiro atoms. The molecule has 1 amide bonds. The largest absolute Gasteiger partial charge is 0.368 e. The number of rotatable bonds is 4. The predicted octanol–water partition coefficient (Wildman–Crippen LogP) is 1.89. The minimum atomic E-state index is -0.281. The molecule has 1 aliphatic heterocycles. The quantitative estimate of drug-likeness (QED) is 0.901. The molecule has 0 radical (unpaired) electrons. The number of nitrogens with zero attached hydrogens (tertiary/aromatic N) is 3. The Labute approximate surface area is 127 Å². The monoisotopic (exact) mass is 305 g/mol. The van der Waals surface area contributed by atoms with Crippen molar-refractivity contribution in [1.29, 1.82) is 0 Å². The van der Waals surface area contributed by atoms with Gasteiger partial charge in [0.25, 0.3) is 0 Å². The number of carbonyl (C=O) groups is 1. The highest BCUT2D eigenvalue weighted by Crippen LogP contribution is 2.35. The molecule has 3 heterocycles. The van der Waals surface area contributed by atoms with E-state index in [2.05, 4.69) is 28.3 Å². The van der Waals surface area contributed by atoms with Crippen LogP contribution in [-0.4, -0.2) is 35.0 Å². The Morgan fingerprint density at radius 1 is 1.57 bits per heavy atom. The first-order valence-corrected chi connectivity index (χ1v) is 7.99. The van der Waals surface area contributed by atoms with Gasteiger partial charge in [0.2, 0.25) is 11.9 Å². The topological polar surface area (TPSA) is 84.1 Å². The summed E-state index contributed by atoms with van der Waals surface area (Å²) >= 11 is 1.64. The van der Waals surface area contributed by atoms with Crippen molar-refractivity contribution in [2.45, 2.75) is 32.7 Å². The molecule has 21 heavy (non-hydrogen) atoms. The normalized spacial score (nSPS) is 18.4. The van der Waals surface area contributed by atoms with Crippen molar-refractivity contribution in [3.63, 3.8) is 0 Å². The van der Waals surface area contributed by atoms with E-state index in [-0.39, 0.29) is 11.9 Å². The summed E-state index contributed by atoms with van der Waals surface area (Å²) < 4.78 is 0. The number of hydrogen-bond donors (Lipinski definition) is 2. The van der Waals surface area contributed by atoms with Gasteiger partial charge in [0, 0.05) is 18.0 Å². The minimum Gasteiger partial charge on any atom is -0.368 e. The van der Waals surface area contributed by atoms with Crippen LogP contribution in [0.25, 0.3) is 10.2 Å². The van der Waals surface area contributed by atoms with Gasteiger partial charge in [-0.05, 0) is 32.8 Å². The van der Waals surface area contributed by atoms with E-state index in [9.17, 15) is 4.79 Å². The highest BCUT2D eigenvalue weighted by Gasteiger charge is 2.31. The van der Waals surface area contributed by atoms with E-state index in [1.165, 1.54) is 4.88 Å². The number of aromatic nitrogens is 2. The number of nitrogens with two attached hydrogens (primary N) is 1. The van der Waals surface area contributed by atoms with Crippen LogP contribution < -0.4 is 16.0 Å². The Bertz CT molecular complexity index is 683. The fourth-order valence-corrected chi connectivity index (χ4v) is 3.67. The average molecular weight is 305 g/mol. The Kier molecular flexibility index (Phi) is 3.67. The summed E-state index contributed by atoms with van der Waals surface area (Å²) in [4.78, 5) is 25.0. The number of aryl methyl sites for hydroxylation is 1. The van der Waals surface area contributed by atoms with Gasteiger partial charge in [-0.1, -0.05) is 0 Å². The molecule has 3 N–H and O–H groups in total. The number of amides is 1. The van der Waals surface area contributed by atoms with Crippen LogP contribution in [0.1, 0.15) is 24.6 Å². The molecule has 2 aromatic rings. The van der Waals surface area contributed by atoms with Crippen molar-refractivity contribution in [2.75, 3.05) is 23.3 Å². The van der Waals surface area contributed by atoms with Gasteiger partial charge in [-0.25, -0.2) is 4.98 Å². The van der Waals surface area contributed by atoms with Gasteiger partial charge in [0.05, 0.1) is 5.39 Å². The molecule has 0 aliphatic carbocycles. The number of nitrogens with one attached hydrogen (secondary N) is 1.